The van der Waals surface area contributed by atoms with Crippen molar-refractivity contribution in [2.24, 2.45) is 0 Å². The van der Waals surface area contributed by atoms with Crippen molar-refractivity contribution >= 4 is 67.7 Å². The van der Waals surface area contributed by atoms with E-state index in [2.05, 4.69) is 188 Å². The van der Waals surface area contributed by atoms with Crippen molar-refractivity contribution in [3.05, 3.63) is 227 Å². The molecule has 0 fully saturated rings. The third-order valence-corrected chi connectivity index (χ3v) is 13.1. The summed E-state index contributed by atoms with van der Waals surface area (Å²) in [6, 6.07) is 66.3. The Hall–Kier alpha value is -8.08. The van der Waals surface area contributed by atoms with Crippen LogP contribution in [0.3, 0.4) is 0 Å². The number of aromatic hydroxyl groups is 1. The van der Waals surface area contributed by atoms with Crippen molar-refractivity contribution < 1.29 is 5.11 Å². The molecule has 1 aliphatic carbocycles. The minimum atomic E-state index is 0.0821. The SMILES string of the molecule is C/C=c1\c(=C/Cc2ccc(N(C)c3ccccc3)c(-c3ccc(N)c(O)c3)c2)c2ccccc2n1-c1ccc(-c2ccc3c(c2)c2c(c4ccccc43)CCC=C2)cc1.CC.Cc1ccccc1. The molecule has 3 N–H and O–H groups in total. The highest BCUT2D eigenvalue weighted by Gasteiger charge is 2.17. The van der Waals surface area contributed by atoms with Gasteiger partial charge in [0.2, 0.25) is 0 Å². The normalized spacial score (nSPS) is 12.4. The lowest BCUT2D eigenvalue weighted by Gasteiger charge is -2.24. The van der Waals surface area contributed by atoms with Gasteiger partial charge in [-0.2, -0.15) is 0 Å². The van der Waals surface area contributed by atoms with Crippen LogP contribution in [-0.4, -0.2) is 16.7 Å². The maximum absolute atomic E-state index is 10.6. The number of nitrogens with zero attached hydrogens (tertiary/aromatic N) is 2. The third kappa shape index (κ3) is 8.94. The van der Waals surface area contributed by atoms with Gasteiger partial charge in [0, 0.05) is 45.6 Å². The summed E-state index contributed by atoms with van der Waals surface area (Å²) in [6.45, 7) is 8.21. The Balaban J connectivity index is 0.000000584. The molecule has 1 heterocycles. The number of anilines is 3. The lowest BCUT2D eigenvalue weighted by molar-refractivity contribution is 0.478. The summed E-state index contributed by atoms with van der Waals surface area (Å²) >= 11 is 0. The molecule has 11 rings (SSSR count). The zero-order chi connectivity index (χ0) is 47.1. The first-order valence-electron chi connectivity index (χ1n) is 23.9. The number of allylic oxidation sites excluding steroid dienone is 1. The van der Waals surface area contributed by atoms with Gasteiger partial charge in [0.25, 0.3) is 0 Å². The molecule has 9 aromatic carbocycles. The van der Waals surface area contributed by atoms with Crippen LogP contribution in [0.1, 0.15) is 49.4 Å². The van der Waals surface area contributed by atoms with Crippen LogP contribution in [0.4, 0.5) is 17.1 Å². The lowest BCUT2D eigenvalue weighted by Crippen LogP contribution is -2.28. The van der Waals surface area contributed by atoms with E-state index in [-0.39, 0.29) is 5.75 Å². The number of hydrogen-bond donors (Lipinski definition) is 2. The van der Waals surface area contributed by atoms with E-state index in [1.165, 1.54) is 76.4 Å². The number of nitrogen functional groups attached to an aromatic ring is 1. The summed E-state index contributed by atoms with van der Waals surface area (Å²) in [7, 11) is 2.08. The molecule has 4 nitrogen and oxygen atoms in total. The van der Waals surface area contributed by atoms with Gasteiger partial charge in [-0.05, 0) is 149 Å². The molecular formula is C64H59N3O. The Labute approximate surface area is 400 Å². The lowest BCUT2D eigenvalue weighted by atomic mass is 9.86. The highest BCUT2D eigenvalue weighted by atomic mass is 16.3. The highest BCUT2D eigenvalue weighted by Crippen LogP contribution is 2.40. The molecule has 0 atom stereocenters. The van der Waals surface area contributed by atoms with Crippen LogP contribution in [0.15, 0.2) is 194 Å². The summed E-state index contributed by atoms with van der Waals surface area (Å²) < 4.78 is 2.39. The second kappa shape index (κ2) is 20.2. The number of hydrogen-bond acceptors (Lipinski definition) is 3. The smallest absolute Gasteiger partial charge is 0.139 e. The van der Waals surface area contributed by atoms with Gasteiger partial charge in [-0.1, -0.05) is 171 Å². The molecule has 68 heavy (non-hydrogen) atoms. The monoisotopic (exact) mass is 885 g/mol. The minimum Gasteiger partial charge on any atom is -0.506 e. The van der Waals surface area contributed by atoms with E-state index in [1.807, 2.05) is 56.3 Å². The topological polar surface area (TPSA) is 54.4 Å². The predicted octanol–water partition coefficient (Wildman–Crippen LogP) is 15.1. The molecular weight excluding hydrogens is 827 g/mol. The maximum Gasteiger partial charge on any atom is 0.139 e. The van der Waals surface area contributed by atoms with Crippen molar-refractivity contribution in [1.29, 1.82) is 0 Å². The Kier molecular flexibility index (Phi) is 13.4. The summed E-state index contributed by atoms with van der Waals surface area (Å²) in [5, 5.41) is 19.6. The van der Waals surface area contributed by atoms with Crippen LogP contribution in [-0.2, 0) is 12.8 Å². The molecule has 1 aromatic heterocycles. The quantitative estimate of drug-likeness (QED) is 0.0952. The molecule has 1 aliphatic rings. The fourth-order valence-corrected chi connectivity index (χ4v) is 9.71. The van der Waals surface area contributed by atoms with E-state index in [9.17, 15) is 5.11 Å². The largest absolute Gasteiger partial charge is 0.506 e. The summed E-state index contributed by atoms with van der Waals surface area (Å²) in [6.07, 6.45) is 12.1. The Morgan fingerprint density at radius 1 is 0.632 bits per heavy atom. The second-order valence-corrected chi connectivity index (χ2v) is 17.2. The van der Waals surface area contributed by atoms with Crippen LogP contribution in [0, 0.1) is 6.92 Å². The summed E-state index contributed by atoms with van der Waals surface area (Å²) in [4.78, 5) is 2.19. The Bertz CT molecular complexity index is 3550. The van der Waals surface area contributed by atoms with Crippen molar-refractivity contribution in [2.75, 3.05) is 17.7 Å². The van der Waals surface area contributed by atoms with Crippen LogP contribution in [0.2, 0.25) is 0 Å². The Morgan fingerprint density at radius 2 is 1.28 bits per heavy atom. The van der Waals surface area contributed by atoms with E-state index in [0.29, 0.717) is 5.69 Å². The molecule has 10 aromatic rings. The second-order valence-electron chi connectivity index (χ2n) is 17.2. The number of benzene rings is 9. The first-order valence-corrected chi connectivity index (χ1v) is 23.9. The fraction of sp³-hybridized carbons (Fsp3) is 0.125. The number of aryl methyl sites for hydroxylation is 2. The zero-order valence-electron chi connectivity index (χ0n) is 39.7. The third-order valence-electron chi connectivity index (χ3n) is 13.1. The molecule has 0 unspecified atom stereocenters. The van der Waals surface area contributed by atoms with E-state index in [0.717, 1.165) is 47.5 Å². The van der Waals surface area contributed by atoms with E-state index in [4.69, 9.17) is 5.73 Å². The van der Waals surface area contributed by atoms with Gasteiger partial charge in [-0.25, -0.2) is 0 Å². The van der Waals surface area contributed by atoms with Crippen molar-refractivity contribution in [3.8, 4) is 33.7 Å². The van der Waals surface area contributed by atoms with Crippen LogP contribution in [0.25, 0.3) is 78.6 Å². The molecule has 0 saturated carbocycles. The van der Waals surface area contributed by atoms with E-state index >= 15 is 0 Å². The van der Waals surface area contributed by atoms with E-state index < -0.39 is 0 Å². The molecule has 0 radical (unpaired) electrons. The molecule has 0 aliphatic heterocycles. The molecule has 4 heteroatoms. The summed E-state index contributed by atoms with van der Waals surface area (Å²) in [5.74, 6) is 0.0821. The van der Waals surface area contributed by atoms with Crippen molar-refractivity contribution in [3.63, 3.8) is 0 Å². The van der Waals surface area contributed by atoms with Gasteiger partial charge in [0.1, 0.15) is 5.75 Å². The molecule has 0 bridgehead atoms. The molecule has 0 saturated heterocycles. The van der Waals surface area contributed by atoms with Gasteiger partial charge in [-0.3, -0.25) is 0 Å². The van der Waals surface area contributed by atoms with Crippen molar-refractivity contribution in [2.45, 2.75) is 47.0 Å². The molecule has 0 amide bonds. The molecule has 336 valence electrons. The number of aromatic nitrogens is 1. The minimum absolute atomic E-state index is 0.0821. The first kappa shape index (κ1) is 45.1. The fourth-order valence-electron chi connectivity index (χ4n) is 9.71. The van der Waals surface area contributed by atoms with Gasteiger partial charge in [0.15, 0.2) is 0 Å². The average molecular weight is 886 g/mol. The zero-order valence-corrected chi connectivity index (χ0v) is 39.7. The van der Waals surface area contributed by atoms with Gasteiger partial charge in [-0.15, -0.1) is 0 Å². The number of nitrogens with two attached hydrogens (primary N) is 1. The first-order chi connectivity index (χ1) is 33.4. The Morgan fingerprint density at radius 3 is 1.99 bits per heavy atom. The highest BCUT2D eigenvalue weighted by molar-refractivity contribution is 6.14. The number of para-hydroxylation sites is 2. The van der Waals surface area contributed by atoms with Gasteiger partial charge >= 0.3 is 0 Å². The average Bonchev–Trinajstić information content (AvgIpc) is 3.73. The van der Waals surface area contributed by atoms with Gasteiger partial charge < -0.3 is 20.3 Å². The molecule has 0 spiro atoms. The van der Waals surface area contributed by atoms with Crippen molar-refractivity contribution in [1.82, 2.24) is 4.57 Å². The standard InChI is InChI=1S/C55H45N3O.C7H8.C2H6/c1-3-52-48(29-21-36-22-32-53(57(2)40-13-5-4-6-14-40)49(33-36)39-26-31-51(56)55(59)35-39)47-19-11-12-20-54(47)58(52)41-27-23-37(24-28-41)38-25-30-46-44-17-8-7-15-42(44)43-16-9-10-18-45(43)50(46)34-38;1-7-5-3-2-4-6-7;1-2/h3-8,10-15,17-20,22-35,59H,9,16,21,56H2,1-2H3;2-6H,1H3;1-2H3/b48-29-,52-3+;;. The number of fused-ring (bicyclic) bond motifs is 7. The predicted molar refractivity (Wildman–Crippen MR) is 294 cm³/mol. The van der Waals surface area contributed by atoms with E-state index in [1.54, 1.807) is 12.1 Å². The van der Waals surface area contributed by atoms with Crippen LogP contribution in [0.5, 0.6) is 5.75 Å². The summed E-state index contributed by atoms with van der Waals surface area (Å²) in [5.41, 5.74) is 20.5. The number of phenolic OH excluding ortho intramolecular Hbond substituents is 1. The van der Waals surface area contributed by atoms with Gasteiger partial charge in [0.05, 0.1) is 11.2 Å². The maximum atomic E-state index is 10.6. The number of rotatable bonds is 7. The number of phenols is 1. The van der Waals surface area contributed by atoms with Crippen LogP contribution < -0.4 is 21.2 Å². The van der Waals surface area contributed by atoms with Crippen LogP contribution >= 0.6 is 0 Å².